The Bertz CT molecular complexity index is 484. The Balaban J connectivity index is 2.74. The fourth-order valence-corrected chi connectivity index (χ4v) is 1.28. The Morgan fingerprint density at radius 2 is 2.05 bits per heavy atom. The zero-order valence-electron chi connectivity index (χ0n) is 11.6. The highest BCUT2D eigenvalue weighted by atomic mass is 16.4. The van der Waals surface area contributed by atoms with Crippen LogP contribution in [0, 0.1) is 5.41 Å². The van der Waals surface area contributed by atoms with E-state index < -0.39 is 11.4 Å². The number of carboxylic acid groups (broad SMARTS) is 1. The van der Waals surface area contributed by atoms with Crippen LogP contribution < -0.4 is 10.2 Å². The molecule has 0 bridgehead atoms. The number of aromatic nitrogens is 1. The highest BCUT2D eigenvalue weighted by molar-refractivity contribution is 5.95. The zero-order chi connectivity index (χ0) is 14.6. The summed E-state index contributed by atoms with van der Waals surface area (Å²) < 4.78 is 0. The van der Waals surface area contributed by atoms with Crippen molar-refractivity contribution in [1.82, 2.24) is 10.3 Å². The van der Waals surface area contributed by atoms with E-state index in [1.807, 2.05) is 14.1 Å². The van der Waals surface area contributed by atoms with Gasteiger partial charge in [0.05, 0.1) is 5.41 Å². The van der Waals surface area contributed by atoms with Crippen LogP contribution in [0.3, 0.4) is 0 Å². The predicted octanol–water partition coefficient (Wildman–Crippen LogP) is 0.988. The minimum absolute atomic E-state index is 0.0702. The standard InChI is InChI=1S/C13H19N3O3/c1-13(2,12(18)19)8-15-11(17)9-5-6-14-10(7-9)16(3)4/h5-7H,8H2,1-4H3,(H,15,17)(H,18,19). The summed E-state index contributed by atoms with van der Waals surface area (Å²) in [6.45, 7) is 3.20. The quantitative estimate of drug-likeness (QED) is 0.829. The molecule has 0 aliphatic carbocycles. The van der Waals surface area contributed by atoms with Crippen LogP contribution in [0.5, 0.6) is 0 Å². The molecule has 0 unspecified atom stereocenters. The predicted molar refractivity (Wildman–Crippen MR) is 72.3 cm³/mol. The Kier molecular flexibility index (Phi) is 4.47. The van der Waals surface area contributed by atoms with Crippen LogP contribution in [0.1, 0.15) is 24.2 Å². The fraction of sp³-hybridized carbons (Fsp3) is 0.462. The number of rotatable bonds is 5. The van der Waals surface area contributed by atoms with E-state index in [4.69, 9.17) is 5.11 Å². The van der Waals surface area contributed by atoms with Crippen LogP contribution in [-0.2, 0) is 4.79 Å². The molecule has 0 atom stereocenters. The normalized spacial score (nSPS) is 10.9. The average molecular weight is 265 g/mol. The summed E-state index contributed by atoms with van der Waals surface area (Å²) in [5, 5.41) is 11.6. The number of hydrogen-bond acceptors (Lipinski definition) is 4. The number of nitrogens with zero attached hydrogens (tertiary/aromatic N) is 2. The van der Waals surface area contributed by atoms with Crippen molar-refractivity contribution in [2.45, 2.75) is 13.8 Å². The molecular formula is C13H19N3O3. The van der Waals surface area contributed by atoms with E-state index >= 15 is 0 Å². The smallest absolute Gasteiger partial charge is 0.310 e. The van der Waals surface area contributed by atoms with Crippen LogP contribution in [0.4, 0.5) is 5.82 Å². The Morgan fingerprint density at radius 3 is 2.58 bits per heavy atom. The minimum atomic E-state index is -0.993. The van der Waals surface area contributed by atoms with Crippen LogP contribution in [-0.4, -0.2) is 42.6 Å². The molecule has 1 heterocycles. The molecule has 0 spiro atoms. The van der Waals surface area contributed by atoms with Crippen LogP contribution >= 0.6 is 0 Å². The summed E-state index contributed by atoms with van der Waals surface area (Å²) in [6, 6.07) is 3.25. The molecule has 0 aromatic carbocycles. The number of anilines is 1. The number of amides is 1. The third kappa shape index (κ3) is 3.94. The van der Waals surface area contributed by atoms with Crippen LogP contribution in [0.2, 0.25) is 0 Å². The molecule has 0 aliphatic heterocycles. The molecule has 1 aromatic rings. The molecule has 19 heavy (non-hydrogen) atoms. The molecule has 1 rings (SSSR count). The van der Waals surface area contributed by atoms with Crippen molar-refractivity contribution in [2.75, 3.05) is 25.5 Å². The monoisotopic (exact) mass is 265 g/mol. The maximum atomic E-state index is 11.9. The summed E-state index contributed by atoms with van der Waals surface area (Å²) >= 11 is 0. The number of carbonyl (C=O) groups excluding carboxylic acids is 1. The van der Waals surface area contributed by atoms with Gasteiger partial charge in [-0.2, -0.15) is 0 Å². The number of aliphatic carboxylic acids is 1. The lowest BCUT2D eigenvalue weighted by molar-refractivity contribution is -0.146. The van der Waals surface area contributed by atoms with Gasteiger partial charge in [0.25, 0.3) is 5.91 Å². The first-order valence-corrected chi connectivity index (χ1v) is 5.89. The van der Waals surface area contributed by atoms with Crippen LogP contribution in [0.15, 0.2) is 18.3 Å². The van der Waals surface area contributed by atoms with Crippen molar-refractivity contribution in [3.8, 4) is 0 Å². The lowest BCUT2D eigenvalue weighted by Gasteiger charge is -2.19. The van der Waals surface area contributed by atoms with Crippen LogP contribution in [0.25, 0.3) is 0 Å². The second kappa shape index (κ2) is 5.69. The van der Waals surface area contributed by atoms with Crippen molar-refractivity contribution in [3.63, 3.8) is 0 Å². The summed E-state index contributed by atoms with van der Waals surface area (Å²) in [5.74, 6) is -0.582. The van der Waals surface area contributed by atoms with Gasteiger partial charge in [0.2, 0.25) is 0 Å². The summed E-state index contributed by atoms with van der Waals surface area (Å²) in [6.07, 6.45) is 1.55. The first kappa shape index (κ1) is 14.9. The Labute approximate surface area is 112 Å². The summed E-state index contributed by atoms with van der Waals surface area (Å²) in [5.41, 5.74) is -0.535. The van der Waals surface area contributed by atoms with E-state index in [2.05, 4.69) is 10.3 Å². The third-order valence-electron chi connectivity index (χ3n) is 2.74. The second-order valence-corrected chi connectivity index (χ2v) is 5.17. The molecular weight excluding hydrogens is 246 g/mol. The molecule has 0 saturated heterocycles. The van der Waals surface area contributed by atoms with Gasteiger partial charge in [-0.25, -0.2) is 4.98 Å². The van der Waals surface area contributed by atoms with E-state index in [9.17, 15) is 9.59 Å². The molecule has 0 radical (unpaired) electrons. The highest BCUT2D eigenvalue weighted by Crippen LogP contribution is 2.14. The molecule has 1 aromatic heterocycles. The molecule has 0 saturated carbocycles. The van der Waals surface area contributed by atoms with Crippen molar-refractivity contribution < 1.29 is 14.7 Å². The van der Waals surface area contributed by atoms with Gasteiger partial charge in [0.15, 0.2) is 0 Å². The molecule has 6 heteroatoms. The van der Waals surface area contributed by atoms with Gasteiger partial charge in [-0.1, -0.05) is 0 Å². The van der Waals surface area contributed by atoms with E-state index in [0.29, 0.717) is 11.4 Å². The zero-order valence-corrected chi connectivity index (χ0v) is 11.6. The number of nitrogens with one attached hydrogen (secondary N) is 1. The molecule has 1 amide bonds. The molecule has 6 nitrogen and oxygen atoms in total. The number of hydrogen-bond donors (Lipinski definition) is 2. The molecule has 2 N–H and O–H groups in total. The molecule has 0 aliphatic rings. The minimum Gasteiger partial charge on any atom is -0.481 e. The van der Waals surface area contributed by atoms with Gasteiger partial charge in [0, 0.05) is 32.4 Å². The van der Waals surface area contributed by atoms with Gasteiger partial charge in [-0.3, -0.25) is 9.59 Å². The summed E-state index contributed by atoms with van der Waals surface area (Å²) in [7, 11) is 3.66. The average Bonchev–Trinajstić information content (AvgIpc) is 2.36. The first-order valence-electron chi connectivity index (χ1n) is 5.89. The van der Waals surface area contributed by atoms with Crippen molar-refractivity contribution >= 4 is 17.7 Å². The second-order valence-electron chi connectivity index (χ2n) is 5.17. The highest BCUT2D eigenvalue weighted by Gasteiger charge is 2.27. The largest absolute Gasteiger partial charge is 0.481 e. The summed E-state index contributed by atoms with van der Waals surface area (Å²) in [4.78, 5) is 28.8. The van der Waals surface area contributed by atoms with Gasteiger partial charge in [-0.15, -0.1) is 0 Å². The van der Waals surface area contributed by atoms with Gasteiger partial charge >= 0.3 is 5.97 Å². The maximum absolute atomic E-state index is 11.9. The van der Waals surface area contributed by atoms with Gasteiger partial charge < -0.3 is 15.3 Å². The number of carbonyl (C=O) groups is 2. The number of pyridine rings is 1. The van der Waals surface area contributed by atoms with Crippen molar-refractivity contribution in [2.24, 2.45) is 5.41 Å². The van der Waals surface area contributed by atoms with Gasteiger partial charge in [0.1, 0.15) is 5.82 Å². The van der Waals surface area contributed by atoms with Crippen molar-refractivity contribution in [3.05, 3.63) is 23.9 Å². The maximum Gasteiger partial charge on any atom is 0.310 e. The fourth-order valence-electron chi connectivity index (χ4n) is 1.28. The lowest BCUT2D eigenvalue weighted by atomic mass is 9.94. The molecule has 104 valence electrons. The van der Waals surface area contributed by atoms with E-state index in [-0.39, 0.29) is 12.5 Å². The topological polar surface area (TPSA) is 82.5 Å². The van der Waals surface area contributed by atoms with E-state index in [0.717, 1.165) is 0 Å². The SMILES string of the molecule is CN(C)c1cc(C(=O)NCC(C)(C)C(=O)O)ccn1. The van der Waals surface area contributed by atoms with Crippen molar-refractivity contribution in [1.29, 1.82) is 0 Å². The van der Waals surface area contributed by atoms with E-state index in [1.54, 1.807) is 37.1 Å². The van der Waals surface area contributed by atoms with Gasteiger partial charge in [-0.05, 0) is 26.0 Å². The van der Waals surface area contributed by atoms with E-state index in [1.165, 1.54) is 0 Å². The number of carboxylic acids is 1. The Morgan fingerprint density at radius 1 is 1.42 bits per heavy atom. The third-order valence-corrected chi connectivity index (χ3v) is 2.74. The Hall–Kier alpha value is -2.11. The lowest BCUT2D eigenvalue weighted by Crippen LogP contribution is -2.38. The molecule has 0 fully saturated rings. The first-order chi connectivity index (χ1) is 8.74.